The third-order valence-corrected chi connectivity index (χ3v) is 5.98. The predicted molar refractivity (Wildman–Crippen MR) is 117 cm³/mol. The van der Waals surface area contributed by atoms with Crippen LogP contribution < -0.4 is 15.2 Å². The summed E-state index contributed by atoms with van der Waals surface area (Å²) in [5.74, 6) is 0.953. The number of likely N-dealkylation sites (tertiary alicyclic amines) is 1. The molecule has 6 nitrogen and oxygen atoms in total. The van der Waals surface area contributed by atoms with Gasteiger partial charge in [-0.1, -0.05) is 37.6 Å². The summed E-state index contributed by atoms with van der Waals surface area (Å²) in [4.78, 5) is 2.37. The number of allylic oxidation sites excluding steroid dienone is 5. The van der Waals surface area contributed by atoms with Gasteiger partial charge in [0.25, 0.3) is 0 Å². The van der Waals surface area contributed by atoms with E-state index in [-0.39, 0.29) is 10.6 Å². The predicted octanol–water partition coefficient (Wildman–Crippen LogP) is 3.92. The Morgan fingerprint density at radius 2 is 1.97 bits per heavy atom. The van der Waals surface area contributed by atoms with Crippen molar-refractivity contribution < 1.29 is 13.2 Å². The molecular formula is C22H31N3O3S. The monoisotopic (exact) mass is 417 g/mol. The van der Waals surface area contributed by atoms with E-state index in [0.29, 0.717) is 24.4 Å². The lowest BCUT2D eigenvalue weighted by atomic mass is 10.1. The van der Waals surface area contributed by atoms with E-state index in [1.165, 1.54) is 12.8 Å². The van der Waals surface area contributed by atoms with Crippen molar-refractivity contribution >= 4 is 15.7 Å². The fraction of sp³-hybridized carbons (Fsp3) is 0.455. The molecule has 0 aromatic heterocycles. The molecule has 3 N–H and O–H groups in total. The van der Waals surface area contributed by atoms with Crippen LogP contribution in [0, 0.1) is 0 Å². The van der Waals surface area contributed by atoms with E-state index in [2.05, 4.69) is 17.1 Å². The molecule has 0 amide bonds. The van der Waals surface area contributed by atoms with Gasteiger partial charge in [0.2, 0.25) is 10.0 Å². The van der Waals surface area contributed by atoms with Crippen LogP contribution in [0.4, 0.5) is 5.69 Å². The maximum Gasteiger partial charge on any atom is 0.241 e. The third-order valence-electron chi connectivity index (χ3n) is 5.06. The molecule has 1 aromatic carbocycles. The van der Waals surface area contributed by atoms with Gasteiger partial charge >= 0.3 is 0 Å². The Kier molecular flexibility index (Phi) is 7.52. The number of rotatable bonds is 9. The summed E-state index contributed by atoms with van der Waals surface area (Å²) in [5.41, 5.74) is 1.61. The number of nitrogens with two attached hydrogens (primary N) is 1. The van der Waals surface area contributed by atoms with Crippen molar-refractivity contribution in [1.29, 1.82) is 0 Å². The molecule has 0 spiro atoms. The van der Waals surface area contributed by atoms with Crippen LogP contribution >= 0.6 is 0 Å². The number of sulfonamides is 1. The highest BCUT2D eigenvalue weighted by molar-refractivity contribution is 7.89. The normalized spacial score (nSPS) is 17.2. The van der Waals surface area contributed by atoms with Crippen LogP contribution in [0.2, 0.25) is 0 Å². The number of hydrogen-bond acceptors (Lipinski definition) is 5. The van der Waals surface area contributed by atoms with E-state index in [4.69, 9.17) is 9.88 Å². The zero-order valence-electron chi connectivity index (χ0n) is 17.1. The van der Waals surface area contributed by atoms with E-state index in [0.717, 1.165) is 38.0 Å². The molecule has 1 heterocycles. The lowest BCUT2D eigenvalue weighted by molar-refractivity contribution is 0.330. The molecule has 158 valence electrons. The molecule has 1 aliphatic heterocycles. The smallest absolute Gasteiger partial charge is 0.241 e. The Hall–Kier alpha value is -2.09. The summed E-state index contributed by atoms with van der Waals surface area (Å²) in [5, 5.41) is 8.97. The third kappa shape index (κ3) is 6.19. The average Bonchev–Trinajstić information content (AvgIpc) is 3.04. The largest absolute Gasteiger partial charge is 0.458 e. The zero-order chi connectivity index (χ0) is 20.7. The Bertz CT molecular complexity index is 898. The summed E-state index contributed by atoms with van der Waals surface area (Å²) >= 11 is 0. The fourth-order valence-electron chi connectivity index (χ4n) is 3.56. The SMILES string of the molecule is CCCCNc1cc(CN2CCCC2)cc(S(N)(=O)=O)c1OC1=CC=CC=CC1. The van der Waals surface area contributed by atoms with Crippen LogP contribution in [-0.2, 0) is 16.6 Å². The summed E-state index contributed by atoms with van der Waals surface area (Å²) < 4.78 is 31.0. The fourth-order valence-corrected chi connectivity index (χ4v) is 4.29. The van der Waals surface area contributed by atoms with Gasteiger partial charge in [-0.25, -0.2) is 13.6 Å². The minimum atomic E-state index is -3.95. The quantitative estimate of drug-likeness (QED) is 0.595. The lowest BCUT2D eigenvalue weighted by Crippen LogP contribution is -2.20. The van der Waals surface area contributed by atoms with Gasteiger partial charge in [-0.2, -0.15) is 0 Å². The number of ether oxygens (including phenoxy) is 1. The molecule has 0 radical (unpaired) electrons. The highest BCUT2D eigenvalue weighted by Gasteiger charge is 2.23. The minimum absolute atomic E-state index is 0.0336. The number of anilines is 1. The van der Waals surface area contributed by atoms with Crippen LogP contribution in [0.3, 0.4) is 0 Å². The zero-order valence-corrected chi connectivity index (χ0v) is 17.9. The second kappa shape index (κ2) is 10.1. The number of unbranched alkanes of at least 4 members (excludes halogenated alkanes) is 1. The first kappa shape index (κ1) is 21.6. The standard InChI is InChI=1S/C22H31N3O3S/c1-2-3-12-24-20-15-18(17-25-13-8-9-14-25)16-21(29(23,26)27)22(20)28-19-10-6-4-5-7-11-19/h4-7,10,15-16,24H,2-3,8-9,11-14,17H2,1H3,(H2,23,26,27). The van der Waals surface area contributed by atoms with Crippen molar-refractivity contribution in [1.82, 2.24) is 4.90 Å². The topological polar surface area (TPSA) is 84.7 Å². The summed E-state index contributed by atoms with van der Waals surface area (Å²) in [6.07, 6.45) is 14.5. The first-order valence-electron chi connectivity index (χ1n) is 10.3. The molecule has 1 saturated heterocycles. The molecule has 2 aliphatic rings. The molecule has 0 bridgehead atoms. The summed E-state index contributed by atoms with van der Waals surface area (Å²) in [6.45, 7) is 5.64. The van der Waals surface area contributed by atoms with Crippen molar-refractivity contribution in [3.63, 3.8) is 0 Å². The van der Waals surface area contributed by atoms with Crippen molar-refractivity contribution in [3.05, 3.63) is 53.8 Å². The van der Waals surface area contributed by atoms with E-state index in [1.807, 2.05) is 36.4 Å². The van der Waals surface area contributed by atoms with Gasteiger partial charge in [-0.3, -0.25) is 4.90 Å². The lowest BCUT2D eigenvalue weighted by Gasteiger charge is -2.21. The number of primary sulfonamides is 1. The van der Waals surface area contributed by atoms with Crippen LogP contribution in [0.1, 0.15) is 44.6 Å². The average molecular weight is 418 g/mol. The summed E-state index contributed by atoms with van der Waals surface area (Å²) in [6, 6.07) is 3.66. The Morgan fingerprint density at radius 3 is 2.69 bits per heavy atom. The molecule has 3 rings (SSSR count). The molecule has 0 atom stereocenters. The van der Waals surface area contributed by atoms with Crippen molar-refractivity contribution in [2.75, 3.05) is 25.0 Å². The molecule has 0 saturated carbocycles. The molecule has 1 fully saturated rings. The van der Waals surface area contributed by atoms with Gasteiger partial charge in [0.05, 0.1) is 5.69 Å². The van der Waals surface area contributed by atoms with Crippen molar-refractivity contribution in [2.45, 2.75) is 50.5 Å². The van der Waals surface area contributed by atoms with Crippen LogP contribution in [0.25, 0.3) is 0 Å². The van der Waals surface area contributed by atoms with Gasteiger partial charge in [-0.05, 0) is 56.1 Å². The maximum absolute atomic E-state index is 12.4. The second-order valence-electron chi connectivity index (χ2n) is 7.53. The summed E-state index contributed by atoms with van der Waals surface area (Å²) in [7, 11) is -3.95. The molecule has 7 heteroatoms. The Morgan fingerprint density at radius 1 is 1.17 bits per heavy atom. The van der Waals surface area contributed by atoms with E-state index < -0.39 is 10.0 Å². The Labute approximate surface area is 174 Å². The molecule has 29 heavy (non-hydrogen) atoms. The van der Waals surface area contributed by atoms with E-state index >= 15 is 0 Å². The Balaban J connectivity index is 1.99. The molecule has 0 unspecified atom stereocenters. The number of benzene rings is 1. The van der Waals surface area contributed by atoms with Crippen LogP contribution in [-0.4, -0.2) is 33.0 Å². The minimum Gasteiger partial charge on any atom is -0.458 e. The maximum atomic E-state index is 12.4. The highest BCUT2D eigenvalue weighted by atomic mass is 32.2. The number of nitrogens with one attached hydrogen (secondary N) is 1. The number of hydrogen-bond donors (Lipinski definition) is 2. The van der Waals surface area contributed by atoms with Gasteiger partial charge in [0, 0.05) is 19.5 Å². The molecule has 1 aromatic rings. The number of nitrogens with zero attached hydrogens (tertiary/aromatic N) is 1. The van der Waals surface area contributed by atoms with Crippen LogP contribution in [0.15, 0.2) is 53.2 Å². The molecule has 1 aliphatic carbocycles. The van der Waals surface area contributed by atoms with Crippen molar-refractivity contribution in [2.24, 2.45) is 5.14 Å². The highest BCUT2D eigenvalue weighted by Crippen LogP contribution is 2.36. The van der Waals surface area contributed by atoms with Crippen LogP contribution in [0.5, 0.6) is 5.75 Å². The first-order chi connectivity index (χ1) is 14.0. The van der Waals surface area contributed by atoms with E-state index in [1.54, 1.807) is 6.07 Å². The van der Waals surface area contributed by atoms with E-state index in [9.17, 15) is 8.42 Å². The van der Waals surface area contributed by atoms with Gasteiger partial charge in [-0.15, -0.1) is 0 Å². The first-order valence-corrected chi connectivity index (χ1v) is 11.9. The molecular weight excluding hydrogens is 386 g/mol. The van der Waals surface area contributed by atoms with Gasteiger partial charge in [0.15, 0.2) is 5.75 Å². The van der Waals surface area contributed by atoms with Crippen molar-refractivity contribution in [3.8, 4) is 5.75 Å². The van der Waals surface area contributed by atoms with Gasteiger partial charge in [0.1, 0.15) is 10.7 Å². The van der Waals surface area contributed by atoms with Gasteiger partial charge < -0.3 is 10.1 Å². The second-order valence-corrected chi connectivity index (χ2v) is 9.06.